The quantitative estimate of drug-likeness (QED) is 0.648. The summed E-state index contributed by atoms with van der Waals surface area (Å²) in [5.41, 5.74) is 1.40. The zero-order valence-corrected chi connectivity index (χ0v) is 17.1. The Morgan fingerprint density at radius 2 is 1.93 bits per heavy atom. The zero-order chi connectivity index (χ0) is 20.6. The van der Waals surface area contributed by atoms with Crippen molar-refractivity contribution in [1.29, 1.82) is 0 Å². The van der Waals surface area contributed by atoms with E-state index < -0.39 is 0 Å². The predicted octanol–water partition coefficient (Wildman–Crippen LogP) is 0.724. The summed E-state index contributed by atoms with van der Waals surface area (Å²) in [4.78, 5) is 42.5. The van der Waals surface area contributed by atoms with Gasteiger partial charge in [-0.05, 0) is 31.0 Å². The number of piperazine rings is 1. The maximum Gasteiger partial charge on any atom is 0.254 e. The van der Waals surface area contributed by atoms with Crippen molar-refractivity contribution in [1.82, 2.24) is 15.1 Å². The molecule has 3 rings (SSSR count). The fraction of sp³-hybridized carbons (Fsp3) is 0.571. The summed E-state index contributed by atoms with van der Waals surface area (Å²) < 4.78 is 4.97. The first-order valence-electron chi connectivity index (χ1n) is 10.3. The molecule has 2 heterocycles. The highest BCUT2D eigenvalue weighted by Gasteiger charge is 2.25. The van der Waals surface area contributed by atoms with Crippen molar-refractivity contribution < 1.29 is 19.1 Å². The Balaban J connectivity index is 1.48. The van der Waals surface area contributed by atoms with Crippen LogP contribution in [0.1, 0.15) is 29.6 Å². The van der Waals surface area contributed by atoms with Crippen LogP contribution in [0.4, 0.5) is 5.69 Å². The summed E-state index contributed by atoms with van der Waals surface area (Å²) in [6, 6.07) is 7.32. The van der Waals surface area contributed by atoms with E-state index in [4.69, 9.17) is 4.74 Å². The molecule has 1 N–H and O–H groups in total. The van der Waals surface area contributed by atoms with Gasteiger partial charge in [0.05, 0.1) is 6.54 Å². The van der Waals surface area contributed by atoms with Crippen LogP contribution in [-0.4, -0.2) is 87.1 Å². The molecule has 0 saturated carbocycles. The van der Waals surface area contributed by atoms with Crippen LogP contribution >= 0.6 is 0 Å². The van der Waals surface area contributed by atoms with E-state index in [0.717, 1.165) is 18.5 Å². The van der Waals surface area contributed by atoms with Gasteiger partial charge in [-0.15, -0.1) is 0 Å². The normalized spacial score (nSPS) is 17.6. The lowest BCUT2D eigenvalue weighted by atomic mass is 10.1. The van der Waals surface area contributed by atoms with Gasteiger partial charge < -0.3 is 19.9 Å². The Bertz CT molecular complexity index is 731. The second-order valence-electron chi connectivity index (χ2n) is 7.46. The molecule has 0 spiro atoms. The molecule has 29 heavy (non-hydrogen) atoms. The van der Waals surface area contributed by atoms with Crippen LogP contribution < -0.4 is 10.2 Å². The highest BCUT2D eigenvalue weighted by Crippen LogP contribution is 2.23. The van der Waals surface area contributed by atoms with Gasteiger partial charge in [-0.1, -0.05) is 6.07 Å². The van der Waals surface area contributed by atoms with Crippen molar-refractivity contribution in [2.75, 3.05) is 64.4 Å². The first kappa shape index (κ1) is 21.3. The molecule has 0 aromatic heterocycles. The lowest BCUT2D eigenvalue weighted by Gasteiger charge is -2.34. The fourth-order valence-corrected chi connectivity index (χ4v) is 3.72. The monoisotopic (exact) mass is 402 g/mol. The highest BCUT2D eigenvalue weighted by atomic mass is 16.5. The average Bonchev–Trinajstić information content (AvgIpc) is 3.17. The number of hydrogen-bond acceptors (Lipinski definition) is 5. The number of benzene rings is 1. The summed E-state index contributed by atoms with van der Waals surface area (Å²) in [5, 5.41) is 2.89. The molecule has 0 atom stereocenters. The Kier molecular flexibility index (Phi) is 7.60. The van der Waals surface area contributed by atoms with Crippen LogP contribution in [0.2, 0.25) is 0 Å². The van der Waals surface area contributed by atoms with Gasteiger partial charge in [0.1, 0.15) is 0 Å². The number of rotatable bonds is 8. The minimum Gasteiger partial charge on any atom is -0.385 e. The van der Waals surface area contributed by atoms with Gasteiger partial charge in [0.2, 0.25) is 11.8 Å². The third-order valence-corrected chi connectivity index (χ3v) is 5.35. The van der Waals surface area contributed by atoms with Crippen molar-refractivity contribution in [3.63, 3.8) is 0 Å². The van der Waals surface area contributed by atoms with E-state index in [1.54, 1.807) is 18.1 Å². The Morgan fingerprint density at radius 1 is 1.14 bits per heavy atom. The standard InChI is InChI=1S/C21H30N4O4/c1-29-14-4-8-22-19(26)16-23-10-12-24(13-11-23)21(28)17-5-2-6-18(15-17)25-9-3-7-20(25)27/h2,5-6,15H,3-4,7-14,16H2,1H3,(H,22,26). The van der Waals surface area contributed by atoms with Crippen LogP contribution in [0.5, 0.6) is 0 Å². The molecule has 0 aliphatic carbocycles. The van der Waals surface area contributed by atoms with Crippen LogP contribution in [0.25, 0.3) is 0 Å². The number of hydrogen-bond donors (Lipinski definition) is 1. The topological polar surface area (TPSA) is 82.2 Å². The Hall–Kier alpha value is -2.45. The fourth-order valence-electron chi connectivity index (χ4n) is 3.72. The number of ether oxygens (including phenoxy) is 1. The minimum absolute atomic E-state index is 0.00358. The molecule has 8 nitrogen and oxygen atoms in total. The van der Waals surface area contributed by atoms with Gasteiger partial charge in [0.15, 0.2) is 0 Å². The second kappa shape index (κ2) is 10.4. The van der Waals surface area contributed by atoms with E-state index in [0.29, 0.717) is 64.4 Å². The number of carbonyl (C=O) groups is 3. The predicted molar refractivity (Wildman–Crippen MR) is 110 cm³/mol. The minimum atomic E-state index is -0.0258. The lowest BCUT2D eigenvalue weighted by Crippen LogP contribution is -2.51. The Labute approximate surface area is 171 Å². The van der Waals surface area contributed by atoms with Crippen LogP contribution in [0, 0.1) is 0 Å². The van der Waals surface area contributed by atoms with Gasteiger partial charge in [-0.25, -0.2) is 0 Å². The maximum absolute atomic E-state index is 12.9. The lowest BCUT2D eigenvalue weighted by molar-refractivity contribution is -0.122. The van der Waals surface area contributed by atoms with Crippen molar-refractivity contribution in [3.8, 4) is 0 Å². The molecule has 2 saturated heterocycles. The molecule has 2 aliphatic heterocycles. The molecule has 1 aromatic carbocycles. The molecule has 0 bridgehead atoms. The van der Waals surface area contributed by atoms with Crippen molar-refractivity contribution >= 4 is 23.4 Å². The number of methoxy groups -OCH3 is 1. The van der Waals surface area contributed by atoms with E-state index in [1.165, 1.54) is 0 Å². The van der Waals surface area contributed by atoms with Crippen LogP contribution in [0.3, 0.4) is 0 Å². The smallest absolute Gasteiger partial charge is 0.254 e. The first-order valence-corrected chi connectivity index (χ1v) is 10.3. The van der Waals surface area contributed by atoms with Gasteiger partial charge in [0.25, 0.3) is 5.91 Å². The zero-order valence-electron chi connectivity index (χ0n) is 17.1. The average molecular weight is 402 g/mol. The molecular formula is C21H30N4O4. The van der Waals surface area contributed by atoms with Crippen LogP contribution in [-0.2, 0) is 14.3 Å². The van der Waals surface area contributed by atoms with Gasteiger partial charge in [0, 0.05) is 70.7 Å². The SMILES string of the molecule is COCCCNC(=O)CN1CCN(C(=O)c2cccc(N3CCCC3=O)c2)CC1. The summed E-state index contributed by atoms with van der Waals surface area (Å²) in [7, 11) is 1.64. The molecule has 0 radical (unpaired) electrons. The third-order valence-electron chi connectivity index (χ3n) is 5.35. The van der Waals surface area contributed by atoms with E-state index in [9.17, 15) is 14.4 Å². The van der Waals surface area contributed by atoms with E-state index in [1.807, 2.05) is 23.1 Å². The van der Waals surface area contributed by atoms with E-state index in [-0.39, 0.29) is 17.7 Å². The molecule has 0 unspecified atom stereocenters. The molecule has 2 fully saturated rings. The number of carbonyl (C=O) groups excluding carboxylic acids is 3. The number of nitrogens with zero attached hydrogens (tertiary/aromatic N) is 3. The number of amides is 3. The maximum atomic E-state index is 12.9. The van der Waals surface area contributed by atoms with Crippen molar-refractivity contribution in [2.24, 2.45) is 0 Å². The molecule has 3 amide bonds. The number of anilines is 1. The first-order chi connectivity index (χ1) is 14.1. The van der Waals surface area contributed by atoms with E-state index >= 15 is 0 Å². The summed E-state index contributed by atoms with van der Waals surface area (Å²) in [6.45, 7) is 4.81. The highest BCUT2D eigenvalue weighted by molar-refractivity contribution is 5.99. The van der Waals surface area contributed by atoms with Crippen molar-refractivity contribution in [3.05, 3.63) is 29.8 Å². The van der Waals surface area contributed by atoms with Gasteiger partial charge >= 0.3 is 0 Å². The number of nitrogens with one attached hydrogen (secondary N) is 1. The van der Waals surface area contributed by atoms with Gasteiger partial charge in [-0.2, -0.15) is 0 Å². The van der Waals surface area contributed by atoms with Crippen LogP contribution in [0.15, 0.2) is 24.3 Å². The molecule has 1 aromatic rings. The molecule has 158 valence electrons. The van der Waals surface area contributed by atoms with Gasteiger partial charge in [-0.3, -0.25) is 19.3 Å². The Morgan fingerprint density at radius 3 is 2.62 bits per heavy atom. The molecular weight excluding hydrogens is 372 g/mol. The molecule has 2 aliphatic rings. The van der Waals surface area contributed by atoms with E-state index in [2.05, 4.69) is 10.2 Å². The second-order valence-corrected chi connectivity index (χ2v) is 7.46. The van der Waals surface area contributed by atoms with Crippen molar-refractivity contribution in [2.45, 2.75) is 19.3 Å². The third kappa shape index (κ3) is 5.77. The summed E-state index contributed by atoms with van der Waals surface area (Å²) >= 11 is 0. The molecule has 8 heteroatoms. The summed E-state index contributed by atoms with van der Waals surface area (Å²) in [6.07, 6.45) is 2.23. The largest absolute Gasteiger partial charge is 0.385 e. The summed E-state index contributed by atoms with van der Waals surface area (Å²) in [5.74, 6) is 0.0923.